The van der Waals surface area contributed by atoms with E-state index in [1.54, 1.807) is 48.2 Å². The molecule has 2 aromatic rings. The predicted octanol–water partition coefficient (Wildman–Crippen LogP) is 3.39. The van der Waals surface area contributed by atoms with E-state index in [2.05, 4.69) is 5.32 Å². The van der Waals surface area contributed by atoms with Crippen LogP contribution in [0.25, 0.3) is 0 Å². The second-order valence-corrected chi connectivity index (χ2v) is 7.65. The fourth-order valence-corrected chi connectivity index (χ4v) is 3.69. The highest BCUT2D eigenvalue weighted by atomic mass is 32.2. The summed E-state index contributed by atoms with van der Waals surface area (Å²) in [6.07, 6.45) is 1.35. The minimum atomic E-state index is -0.249. The lowest BCUT2D eigenvalue weighted by Crippen LogP contribution is -2.28. The molecule has 1 fully saturated rings. The fraction of sp³-hybridized carbons (Fsp3) is 0.286. The molecule has 3 amide bonds. The second kappa shape index (κ2) is 9.50. The normalized spacial score (nSPS) is 13.8. The molecule has 0 unspecified atom stereocenters. The van der Waals surface area contributed by atoms with Crippen LogP contribution in [0.5, 0.6) is 0 Å². The molecule has 0 radical (unpaired) electrons. The predicted molar refractivity (Wildman–Crippen MR) is 105 cm³/mol. The number of likely N-dealkylation sites (tertiary alicyclic amines) is 1. The van der Waals surface area contributed by atoms with Crippen molar-refractivity contribution in [1.29, 1.82) is 0 Å². The molecule has 1 aliphatic heterocycles. The molecule has 3 rings (SSSR count). The number of carbonyl (C=O) groups is 3. The van der Waals surface area contributed by atoms with Crippen LogP contribution in [0.1, 0.15) is 35.2 Å². The maximum absolute atomic E-state index is 12.9. The average Bonchev–Trinajstić information content (AvgIpc) is 3.01. The van der Waals surface area contributed by atoms with Gasteiger partial charge in [-0.3, -0.25) is 19.3 Å². The lowest BCUT2D eigenvalue weighted by Gasteiger charge is -2.14. The Morgan fingerprint density at radius 2 is 1.64 bits per heavy atom. The third kappa shape index (κ3) is 5.42. The van der Waals surface area contributed by atoms with Gasteiger partial charge in [0.15, 0.2) is 0 Å². The molecule has 0 aromatic heterocycles. The summed E-state index contributed by atoms with van der Waals surface area (Å²) in [5, 5.41) is 2.87. The van der Waals surface area contributed by atoms with Gasteiger partial charge >= 0.3 is 0 Å². The van der Waals surface area contributed by atoms with Crippen LogP contribution in [0.15, 0.2) is 53.4 Å². The van der Waals surface area contributed by atoms with Crippen LogP contribution in [0, 0.1) is 5.82 Å². The zero-order valence-corrected chi connectivity index (χ0v) is 16.1. The number of rotatable bonds is 8. The monoisotopic (exact) mass is 400 g/mol. The van der Waals surface area contributed by atoms with Crippen molar-refractivity contribution in [3.05, 3.63) is 65.5 Å². The molecule has 0 saturated carbocycles. The van der Waals surface area contributed by atoms with Crippen LogP contribution in [0.3, 0.4) is 0 Å². The molecular weight excluding hydrogens is 379 g/mol. The largest absolute Gasteiger partial charge is 0.352 e. The number of nitrogens with one attached hydrogen (secondary N) is 1. The van der Waals surface area contributed by atoms with Gasteiger partial charge in [0.05, 0.1) is 6.54 Å². The first-order valence-electron chi connectivity index (χ1n) is 9.11. The van der Waals surface area contributed by atoms with Crippen molar-refractivity contribution in [2.75, 3.05) is 12.3 Å². The summed E-state index contributed by atoms with van der Waals surface area (Å²) >= 11 is 1.62. The minimum absolute atomic E-state index is 0.148. The van der Waals surface area contributed by atoms with Crippen LogP contribution in [-0.4, -0.2) is 34.9 Å². The molecule has 0 bridgehead atoms. The summed E-state index contributed by atoms with van der Waals surface area (Å²) in [6, 6.07) is 13.3. The number of carbonyl (C=O) groups excluding carboxylic acids is 3. The lowest BCUT2D eigenvalue weighted by molar-refractivity contribution is -0.139. The first-order valence-corrected chi connectivity index (χ1v) is 10.1. The Kier molecular flexibility index (Phi) is 6.81. The molecule has 0 atom stereocenters. The first-order chi connectivity index (χ1) is 13.5. The number of amides is 3. The lowest BCUT2D eigenvalue weighted by atomic mass is 10.1. The fourth-order valence-electron chi connectivity index (χ4n) is 2.84. The first kappa shape index (κ1) is 20.1. The van der Waals surface area contributed by atoms with Crippen LogP contribution in [0.4, 0.5) is 4.39 Å². The zero-order valence-electron chi connectivity index (χ0n) is 15.3. The highest BCUT2D eigenvalue weighted by Crippen LogP contribution is 2.19. The van der Waals surface area contributed by atoms with Gasteiger partial charge in [0.1, 0.15) is 5.82 Å². The van der Waals surface area contributed by atoms with Gasteiger partial charge in [-0.05, 0) is 54.1 Å². The highest BCUT2D eigenvalue weighted by Gasteiger charge is 2.28. The molecule has 1 aliphatic rings. The van der Waals surface area contributed by atoms with E-state index in [9.17, 15) is 18.8 Å². The smallest absolute Gasteiger partial charge is 0.251 e. The standard InChI is InChI=1S/C21H21FN2O3S/c22-17-6-8-18(9-7-17)28-13-1-12-23-21(27)16-4-2-15(3-5-16)14-24-19(25)10-11-20(24)26/h2-9H,1,10-14H2,(H,23,27). The van der Waals surface area contributed by atoms with Crippen molar-refractivity contribution in [3.8, 4) is 0 Å². The van der Waals surface area contributed by atoms with Crippen LogP contribution < -0.4 is 5.32 Å². The molecule has 5 nitrogen and oxygen atoms in total. The molecule has 2 aromatic carbocycles. The highest BCUT2D eigenvalue weighted by molar-refractivity contribution is 7.99. The summed E-state index contributed by atoms with van der Waals surface area (Å²) in [7, 11) is 0. The summed E-state index contributed by atoms with van der Waals surface area (Å²) in [5.41, 5.74) is 1.35. The number of nitrogens with zero attached hydrogens (tertiary/aromatic N) is 1. The van der Waals surface area contributed by atoms with Crippen LogP contribution in [0.2, 0.25) is 0 Å². The van der Waals surface area contributed by atoms with Crippen molar-refractivity contribution < 1.29 is 18.8 Å². The molecule has 7 heteroatoms. The summed E-state index contributed by atoms with van der Waals surface area (Å²) < 4.78 is 12.9. The van der Waals surface area contributed by atoms with Crippen LogP contribution >= 0.6 is 11.8 Å². The Morgan fingerprint density at radius 1 is 1.00 bits per heavy atom. The minimum Gasteiger partial charge on any atom is -0.352 e. The number of hydrogen-bond acceptors (Lipinski definition) is 4. The van der Waals surface area contributed by atoms with E-state index < -0.39 is 0 Å². The van der Waals surface area contributed by atoms with E-state index in [1.807, 2.05) is 0 Å². The number of thioether (sulfide) groups is 1. The Hall–Kier alpha value is -2.67. The molecule has 1 heterocycles. The Bertz CT molecular complexity index is 837. The zero-order chi connectivity index (χ0) is 19.9. The summed E-state index contributed by atoms with van der Waals surface area (Å²) in [6.45, 7) is 0.797. The Labute approximate surface area is 167 Å². The van der Waals surface area contributed by atoms with E-state index in [-0.39, 0.29) is 42.9 Å². The second-order valence-electron chi connectivity index (χ2n) is 6.48. The molecule has 28 heavy (non-hydrogen) atoms. The van der Waals surface area contributed by atoms with Gasteiger partial charge in [-0.2, -0.15) is 0 Å². The van der Waals surface area contributed by atoms with Gasteiger partial charge in [-0.15, -0.1) is 11.8 Å². The van der Waals surface area contributed by atoms with Crippen molar-refractivity contribution in [2.45, 2.75) is 30.7 Å². The summed E-state index contributed by atoms with van der Waals surface area (Å²) in [5.74, 6) is 0.117. The van der Waals surface area contributed by atoms with E-state index in [1.165, 1.54) is 17.0 Å². The molecule has 1 N–H and O–H groups in total. The number of benzene rings is 2. The molecule has 146 valence electrons. The van der Waals surface area contributed by atoms with Gasteiger partial charge in [-0.1, -0.05) is 12.1 Å². The van der Waals surface area contributed by atoms with E-state index >= 15 is 0 Å². The van der Waals surface area contributed by atoms with Gasteiger partial charge in [0.2, 0.25) is 11.8 Å². The van der Waals surface area contributed by atoms with Gasteiger partial charge in [-0.25, -0.2) is 4.39 Å². The van der Waals surface area contributed by atoms with Gasteiger partial charge < -0.3 is 5.32 Å². The SMILES string of the molecule is O=C(NCCCSc1ccc(F)cc1)c1ccc(CN2C(=O)CCC2=O)cc1. The van der Waals surface area contributed by atoms with Crippen LogP contribution in [-0.2, 0) is 16.1 Å². The maximum atomic E-state index is 12.9. The van der Waals surface area contributed by atoms with E-state index in [0.29, 0.717) is 12.1 Å². The molecule has 0 aliphatic carbocycles. The molecule has 1 saturated heterocycles. The summed E-state index contributed by atoms with van der Waals surface area (Å²) in [4.78, 5) is 37.8. The van der Waals surface area contributed by atoms with Crippen molar-refractivity contribution >= 4 is 29.5 Å². The molecular formula is C21H21FN2O3S. The maximum Gasteiger partial charge on any atom is 0.251 e. The van der Waals surface area contributed by atoms with Gasteiger partial charge in [0, 0.05) is 29.8 Å². The topological polar surface area (TPSA) is 66.5 Å². The van der Waals surface area contributed by atoms with Gasteiger partial charge in [0.25, 0.3) is 5.91 Å². The number of halogens is 1. The van der Waals surface area contributed by atoms with E-state index in [0.717, 1.165) is 22.6 Å². The van der Waals surface area contributed by atoms with Crippen molar-refractivity contribution in [3.63, 3.8) is 0 Å². The molecule has 0 spiro atoms. The third-order valence-corrected chi connectivity index (χ3v) is 5.50. The van der Waals surface area contributed by atoms with E-state index in [4.69, 9.17) is 0 Å². The number of hydrogen-bond donors (Lipinski definition) is 1. The Morgan fingerprint density at radius 3 is 2.29 bits per heavy atom. The number of imide groups is 1. The van der Waals surface area contributed by atoms with Crippen molar-refractivity contribution in [1.82, 2.24) is 10.2 Å². The van der Waals surface area contributed by atoms with Crippen molar-refractivity contribution in [2.24, 2.45) is 0 Å². The quantitative estimate of drug-likeness (QED) is 0.419. The third-order valence-electron chi connectivity index (χ3n) is 4.40. The average molecular weight is 400 g/mol. The Balaban J connectivity index is 1.40.